The molecule has 120 valence electrons. The summed E-state index contributed by atoms with van der Waals surface area (Å²) in [5.74, 6) is -0.00361. The molecule has 6 nitrogen and oxygen atoms in total. The molecule has 0 saturated carbocycles. The van der Waals surface area contributed by atoms with Gasteiger partial charge in [0.15, 0.2) is 5.16 Å². The van der Waals surface area contributed by atoms with Crippen LogP contribution in [0.3, 0.4) is 0 Å². The lowest BCUT2D eigenvalue weighted by molar-refractivity contribution is -0.124. The molecule has 1 fully saturated rings. The lowest BCUT2D eigenvalue weighted by Crippen LogP contribution is -2.35. The van der Waals surface area contributed by atoms with Crippen molar-refractivity contribution in [3.8, 4) is 11.3 Å². The zero-order valence-corrected chi connectivity index (χ0v) is 14.9. The van der Waals surface area contributed by atoms with E-state index in [2.05, 4.69) is 26.2 Å². The van der Waals surface area contributed by atoms with Crippen molar-refractivity contribution in [1.82, 2.24) is 19.8 Å². The van der Waals surface area contributed by atoms with Gasteiger partial charge >= 0.3 is 6.03 Å². The van der Waals surface area contributed by atoms with E-state index in [9.17, 15) is 9.59 Å². The highest BCUT2D eigenvalue weighted by Crippen LogP contribution is 2.26. The molecule has 0 radical (unpaired) electrons. The standard InChI is InChI=1S/C15H15BrN4O2S/c1-19-12(10-2-4-11(16)5-3-10)8-18-15(19)23-9-13(21)20-7-6-17-14(20)22/h2-5,8H,6-7,9H2,1H3,(H,17,22). The second kappa shape index (κ2) is 6.76. The van der Waals surface area contributed by atoms with Gasteiger partial charge in [0.1, 0.15) is 0 Å². The fraction of sp³-hybridized carbons (Fsp3) is 0.267. The Kier molecular flexibility index (Phi) is 4.72. The molecular weight excluding hydrogens is 380 g/mol. The second-order valence-corrected chi connectivity index (χ2v) is 6.92. The number of imide groups is 1. The van der Waals surface area contributed by atoms with E-state index < -0.39 is 0 Å². The molecule has 1 aliphatic heterocycles. The summed E-state index contributed by atoms with van der Waals surface area (Å²) in [6.45, 7) is 0.953. The number of urea groups is 1. The lowest BCUT2D eigenvalue weighted by Gasteiger charge is -2.11. The fourth-order valence-electron chi connectivity index (χ4n) is 2.33. The minimum absolute atomic E-state index is 0.193. The third-order valence-corrected chi connectivity index (χ3v) is 5.13. The van der Waals surface area contributed by atoms with Gasteiger partial charge in [-0.15, -0.1) is 0 Å². The Labute approximate surface area is 146 Å². The number of imidazole rings is 1. The Morgan fingerprint density at radius 3 is 2.78 bits per heavy atom. The molecule has 0 aliphatic carbocycles. The second-order valence-electron chi connectivity index (χ2n) is 5.06. The Balaban J connectivity index is 1.69. The zero-order valence-electron chi connectivity index (χ0n) is 12.5. The van der Waals surface area contributed by atoms with Gasteiger partial charge in [-0.2, -0.15) is 0 Å². The van der Waals surface area contributed by atoms with Crippen LogP contribution in [0.2, 0.25) is 0 Å². The Hall–Kier alpha value is -1.80. The Bertz CT molecular complexity index is 744. The third-order valence-electron chi connectivity index (χ3n) is 3.57. The highest BCUT2D eigenvalue weighted by atomic mass is 79.9. The van der Waals surface area contributed by atoms with Crippen LogP contribution in [0, 0.1) is 0 Å². The average molecular weight is 395 g/mol. The number of hydrogen-bond acceptors (Lipinski definition) is 4. The van der Waals surface area contributed by atoms with Crippen molar-refractivity contribution in [1.29, 1.82) is 0 Å². The molecule has 1 saturated heterocycles. The minimum Gasteiger partial charge on any atom is -0.336 e. The van der Waals surface area contributed by atoms with Crippen LogP contribution in [0.25, 0.3) is 11.3 Å². The van der Waals surface area contributed by atoms with Gasteiger partial charge in [0.05, 0.1) is 17.6 Å². The molecule has 2 heterocycles. The van der Waals surface area contributed by atoms with Crippen molar-refractivity contribution in [2.45, 2.75) is 5.16 Å². The minimum atomic E-state index is -0.314. The van der Waals surface area contributed by atoms with Gasteiger partial charge in [0, 0.05) is 24.6 Å². The molecule has 0 unspecified atom stereocenters. The number of carbonyl (C=O) groups excluding carboxylic acids is 2. The Morgan fingerprint density at radius 2 is 2.13 bits per heavy atom. The van der Waals surface area contributed by atoms with Crippen molar-refractivity contribution in [2.24, 2.45) is 7.05 Å². The average Bonchev–Trinajstić information content (AvgIpc) is 3.12. The van der Waals surface area contributed by atoms with Gasteiger partial charge in [-0.05, 0) is 17.7 Å². The van der Waals surface area contributed by atoms with E-state index in [1.165, 1.54) is 16.7 Å². The molecule has 1 aromatic heterocycles. The number of thioether (sulfide) groups is 1. The molecule has 1 N–H and O–H groups in total. The number of nitrogens with zero attached hydrogens (tertiary/aromatic N) is 3. The van der Waals surface area contributed by atoms with Gasteiger partial charge in [-0.1, -0.05) is 39.8 Å². The van der Waals surface area contributed by atoms with Crippen LogP contribution in [0.5, 0.6) is 0 Å². The molecule has 0 atom stereocenters. The first-order valence-electron chi connectivity index (χ1n) is 7.05. The summed E-state index contributed by atoms with van der Waals surface area (Å²) < 4.78 is 2.97. The lowest BCUT2D eigenvalue weighted by atomic mass is 10.2. The first-order valence-corrected chi connectivity index (χ1v) is 8.83. The van der Waals surface area contributed by atoms with E-state index >= 15 is 0 Å². The van der Waals surface area contributed by atoms with Crippen LogP contribution in [-0.2, 0) is 11.8 Å². The van der Waals surface area contributed by atoms with Crippen LogP contribution in [0.1, 0.15) is 0 Å². The summed E-state index contributed by atoms with van der Waals surface area (Å²) in [7, 11) is 1.92. The number of rotatable bonds is 4. The third kappa shape index (κ3) is 3.42. The van der Waals surface area contributed by atoms with Crippen LogP contribution in [0.4, 0.5) is 4.79 Å². The molecule has 0 bridgehead atoms. The number of halogens is 1. The van der Waals surface area contributed by atoms with Crippen LogP contribution in [-0.4, -0.2) is 45.2 Å². The molecule has 0 spiro atoms. The van der Waals surface area contributed by atoms with E-state index in [4.69, 9.17) is 0 Å². The molecular formula is C15H15BrN4O2S. The van der Waals surface area contributed by atoms with E-state index in [1.54, 1.807) is 6.20 Å². The number of hydrogen-bond donors (Lipinski definition) is 1. The summed E-state index contributed by atoms with van der Waals surface area (Å²) in [4.78, 5) is 29.1. The normalized spacial score (nSPS) is 14.2. The molecule has 8 heteroatoms. The fourth-order valence-corrected chi connectivity index (χ4v) is 3.42. The van der Waals surface area contributed by atoms with E-state index in [0.717, 1.165) is 20.9 Å². The van der Waals surface area contributed by atoms with E-state index in [0.29, 0.717) is 13.1 Å². The summed E-state index contributed by atoms with van der Waals surface area (Å²) in [6, 6.07) is 7.66. The predicted octanol–water partition coefficient (Wildman–Crippen LogP) is 2.49. The maximum absolute atomic E-state index is 12.1. The SMILES string of the molecule is Cn1c(-c2ccc(Br)cc2)cnc1SCC(=O)N1CCNC1=O. The molecule has 1 aliphatic rings. The molecule has 23 heavy (non-hydrogen) atoms. The molecule has 2 aromatic rings. The number of carbonyl (C=O) groups is 2. The van der Waals surface area contributed by atoms with Gasteiger partial charge in [-0.25, -0.2) is 9.78 Å². The maximum atomic E-state index is 12.1. The highest BCUT2D eigenvalue weighted by Gasteiger charge is 2.26. The topological polar surface area (TPSA) is 67.2 Å². The van der Waals surface area contributed by atoms with Crippen molar-refractivity contribution >= 4 is 39.6 Å². The van der Waals surface area contributed by atoms with Crippen molar-refractivity contribution in [3.05, 3.63) is 34.9 Å². The van der Waals surface area contributed by atoms with Crippen molar-refractivity contribution in [3.63, 3.8) is 0 Å². The number of amides is 3. The smallest absolute Gasteiger partial charge is 0.324 e. The van der Waals surface area contributed by atoms with Crippen molar-refractivity contribution < 1.29 is 9.59 Å². The highest BCUT2D eigenvalue weighted by molar-refractivity contribution is 9.10. The van der Waals surface area contributed by atoms with E-state index in [1.807, 2.05) is 35.9 Å². The van der Waals surface area contributed by atoms with Crippen LogP contribution >= 0.6 is 27.7 Å². The van der Waals surface area contributed by atoms with Gasteiger partial charge < -0.3 is 9.88 Å². The zero-order chi connectivity index (χ0) is 16.4. The van der Waals surface area contributed by atoms with E-state index in [-0.39, 0.29) is 17.7 Å². The van der Waals surface area contributed by atoms with Crippen molar-refractivity contribution in [2.75, 3.05) is 18.8 Å². The summed E-state index contributed by atoms with van der Waals surface area (Å²) >= 11 is 4.75. The van der Waals surface area contributed by atoms with Crippen LogP contribution in [0.15, 0.2) is 40.1 Å². The van der Waals surface area contributed by atoms with Gasteiger partial charge in [0.2, 0.25) is 5.91 Å². The predicted molar refractivity (Wildman–Crippen MR) is 92.2 cm³/mol. The summed E-state index contributed by atoms with van der Waals surface area (Å²) in [5.41, 5.74) is 2.03. The van der Waals surface area contributed by atoms with Crippen LogP contribution < -0.4 is 5.32 Å². The number of benzene rings is 1. The first-order chi connectivity index (χ1) is 11.1. The monoisotopic (exact) mass is 394 g/mol. The largest absolute Gasteiger partial charge is 0.336 e. The molecule has 3 amide bonds. The summed E-state index contributed by atoms with van der Waals surface area (Å²) in [5, 5.41) is 3.37. The van der Waals surface area contributed by atoms with Gasteiger partial charge in [0.25, 0.3) is 0 Å². The maximum Gasteiger partial charge on any atom is 0.324 e. The quantitative estimate of drug-likeness (QED) is 0.808. The molecule has 3 rings (SSSR count). The number of nitrogens with one attached hydrogen (secondary N) is 1. The summed E-state index contributed by atoms with van der Waals surface area (Å²) in [6.07, 6.45) is 1.79. The first kappa shape index (κ1) is 16.1. The number of aromatic nitrogens is 2. The Morgan fingerprint density at radius 1 is 1.39 bits per heavy atom. The van der Waals surface area contributed by atoms with Gasteiger partial charge in [-0.3, -0.25) is 9.69 Å². The molecule has 1 aromatic carbocycles.